The number of hydrogen-bond donors (Lipinski definition) is 2. The maximum atomic E-state index is 14.0. The molecule has 0 spiro atoms. The second-order valence-corrected chi connectivity index (χ2v) is 9.32. The number of aryl methyl sites for hydroxylation is 1. The van der Waals surface area contributed by atoms with E-state index < -0.39 is 20.7 Å². The Labute approximate surface area is 187 Å². The Morgan fingerprint density at radius 3 is 2.66 bits per heavy atom. The van der Waals surface area contributed by atoms with Crippen LogP contribution >= 0.6 is 0 Å². The predicted octanol–water partition coefficient (Wildman–Crippen LogP) is 2.59. The zero-order chi connectivity index (χ0) is 23.3. The minimum absolute atomic E-state index is 0.0188. The molecular weight excluding hydrogens is 437 g/mol. The van der Waals surface area contributed by atoms with Gasteiger partial charge >= 0.3 is 0 Å². The van der Waals surface area contributed by atoms with Crippen LogP contribution < -0.4 is 10.0 Å². The normalized spacial score (nSPS) is 17.1. The predicted molar refractivity (Wildman–Crippen MR) is 118 cm³/mol. The molecule has 1 aliphatic carbocycles. The van der Waals surface area contributed by atoms with E-state index in [2.05, 4.69) is 23.3 Å². The number of nitrogens with zero attached hydrogens (tertiary/aromatic N) is 1. The van der Waals surface area contributed by atoms with Gasteiger partial charge in [0.1, 0.15) is 22.8 Å². The molecule has 174 valence electrons. The van der Waals surface area contributed by atoms with Crippen molar-refractivity contribution < 1.29 is 27.1 Å². The summed E-state index contributed by atoms with van der Waals surface area (Å²) < 4.78 is 49.8. The zero-order valence-corrected chi connectivity index (χ0v) is 19.2. The molecule has 8 nitrogen and oxygen atoms in total. The molecule has 0 bridgehead atoms. The van der Waals surface area contributed by atoms with E-state index in [1.165, 1.54) is 18.2 Å². The fourth-order valence-corrected chi connectivity index (χ4v) is 4.72. The van der Waals surface area contributed by atoms with Crippen LogP contribution in [0.15, 0.2) is 23.2 Å². The van der Waals surface area contributed by atoms with Crippen molar-refractivity contribution in [3.8, 4) is 0 Å². The van der Waals surface area contributed by atoms with Crippen LogP contribution in [0.3, 0.4) is 0 Å². The number of nitrogens with one attached hydrogen (secondary N) is 2. The maximum Gasteiger partial charge on any atom is 0.243 e. The summed E-state index contributed by atoms with van der Waals surface area (Å²) >= 11 is 0. The van der Waals surface area contributed by atoms with Crippen molar-refractivity contribution in [3.05, 3.63) is 52.0 Å². The van der Waals surface area contributed by atoms with Gasteiger partial charge in [-0.1, -0.05) is 0 Å². The summed E-state index contributed by atoms with van der Waals surface area (Å²) in [4.78, 5) is 14.7. The minimum Gasteiger partial charge on any atom is -0.378 e. The van der Waals surface area contributed by atoms with Gasteiger partial charge in [0.05, 0.1) is 19.3 Å². The van der Waals surface area contributed by atoms with Crippen LogP contribution in [0.2, 0.25) is 0 Å². The lowest BCUT2D eigenvalue weighted by atomic mass is 9.91. The molecule has 2 aromatic rings. The van der Waals surface area contributed by atoms with Gasteiger partial charge in [-0.3, -0.25) is 4.79 Å². The molecule has 0 fully saturated rings. The van der Waals surface area contributed by atoms with Gasteiger partial charge in [0.15, 0.2) is 0 Å². The highest BCUT2D eigenvalue weighted by Gasteiger charge is 2.27. The number of aldehydes is 1. The number of ether oxygens (including phenoxy) is 2. The molecule has 1 aromatic carbocycles. The van der Waals surface area contributed by atoms with Crippen molar-refractivity contribution in [2.75, 3.05) is 26.0 Å². The average Bonchev–Trinajstić information content (AvgIpc) is 3.30. The van der Waals surface area contributed by atoms with E-state index in [1.54, 1.807) is 0 Å². The lowest BCUT2D eigenvalue weighted by Gasteiger charge is -2.24. The molecule has 2 aliphatic rings. The number of sulfonamides is 1. The largest absolute Gasteiger partial charge is 0.378 e. The molecule has 1 aromatic heterocycles. The monoisotopic (exact) mass is 465 g/mol. The number of benzene rings is 1. The van der Waals surface area contributed by atoms with Crippen LogP contribution in [-0.4, -0.2) is 46.5 Å². The first kappa shape index (κ1) is 24.2. The van der Waals surface area contributed by atoms with E-state index >= 15 is 0 Å². The Kier molecular flexibility index (Phi) is 7.94. The minimum atomic E-state index is -3.92. The van der Waals surface area contributed by atoms with Crippen LogP contribution in [0.1, 0.15) is 46.0 Å². The Morgan fingerprint density at radius 2 is 2.00 bits per heavy atom. The molecule has 0 amide bonds. The van der Waals surface area contributed by atoms with Gasteiger partial charge in [-0.15, -0.1) is 0 Å². The Morgan fingerprint density at radius 1 is 1.25 bits per heavy atom. The molecule has 2 N–H and O–H groups in total. The summed E-state index contributed by atoms with van der Waals surface area (Å²) in [5.41, 5.74) is 3.48. The lowest BCUT2D eigenvalue weighted by Crippen LogP contribution is -2.22. The third-order valence-electron chi connectivity index (χ3n) is 5.58. The quantitative estimate of drug-likeness (QED) is 0.632. The standard InChI is InChI=1S/C12H18N2O.C10H10FNO4S/c1-3-15-11-5-4-9-7-12(13-2)14-8-10(9)6-11;1-12-17(14,15)9-2-6(3-13)7-4-16-5-8(7)10(9)11/h7-8,11H,3-6H2,1-2H3,(H,13,14);2-3,12H,4-5H2,1H3. The third-order valence-corrected chi connectivity index (χ3v) is 7.00. The average molecular weight is 466 g/mol. The van der Waals surface area contributed by atoms with Gasteiger partial charge in [-0.2, -0.15) is 0 Å². The van der Waals surface area contributed by atoms with Gasteiger partial charge in [-0.05, 0) is 55.6 Å². The topological polar surface area (TPSA) is 107 Å². The molecule has 10 heteroatoms. The number of carbonyl (C=O) groups excluding carboxylic acids is 1. The first-order valence-electron chi connectivity index (χ1n) is 10.4. The molecule has 1 atom stereocenters. The van der Waals surface area contributed by atoms with Crippen LogP contribution in [0.4, 0.5) is 10.2 Å². The van der Waals surface area contributed by atoms with Gasteiger partial charge in [0.2, 0.25) is 10.0 Å². The first-order valence-corrected chi connectivity index (χ1v) is 11.9. The van der Waals surface area contributed by atoms with Gasteiger partial charge in [-0.25, -0.2) is 22.5 Å². The van der Waals surface area contributed by atoms with Crippen molar-refractivity contribution in [1.29, 1.82) is 0 Å². The van der Waals surface area contributed by atoms with Crippen molar-refractivity contribution in [2.45, 2.75) is 50.4 Å². The Hall–Kier alpha value is -2.40. The molecule has 4 rings (SSSR count). The van der Waals surface area contributed by atoms with Gasteiger partial charge in [0, 0.05) is 37.4 Å². The second-order valence-electron chi connectivity index (χ2n) is 7.46. The highest BCUT2D eigenvalue weighted by molar-refractivity contribution is 7.89. The molecule has 0 radical (unpaired) electrons. The van der Waals surface area contributed by atoms with E-state index in [0.717, 1.165) is 37.8 Å². The number of carbonyl (C=O) groups is 1. The van der Waals surface area contributed by atoms with Crippen molar-refractivity contribution in [3.63, 3.8) is 0 Å². The Balaban J connectivity index is 0.000000182. The molecule has 0 saturated carbocycles. The van der Waals surface area contributed by atoms with Crippen molar-refractivity contribution in [2.24, 2.45) is 0 Å². The van der Waals surface area contributed by atoms with E-state index in [1.807, 2.05) is 18.0 Å². The number of rotatable bonds is 6. The van der Waals surface area contributed by atoms with E-state index in [0.29, 0.717) is 18.0 Å². The van der Waals surface area contributed by atoms with E-state index in [9.17, 15) is 17.6 Å². The molecule has 0 saturated heterocycles. The fourth-order valence-electron chi connectivity index (χ4n) is 3.85. The maximum absolute atomic E-state index is 14.0. The van der Waals surface area contributed by atoms with Crippen LogP contribution in [0.25, 0.3) is 0 Å². The summed E-state index contributed by atoms with van der Waals surface area (Å²) in [6.45, 7) is 2.97. The number of hydrogen-bond acceptors (Lipinski definition) is 7. The van der Waals surface area contributed by atoms with Gasteiger partial charge < -0.3 is 14.8 Å². The van der Waals surface area contributed by atoms with Crippen molar-refractivity contribution in [1.82, 2.24) is 9.71 Å². The smallest absolute Gasteiger partial charge is 0.243 e. The van der Waals surface area contributed by atoms with Gasteiger partial charge in [0.25, 0.3) is 0 Å². The SMILES string of the molecule is CCOC1CCc2cc(NC)ncc2C1.CNS(=O)(=O)c1cc(C=O)c2c(c1F)COC2. The number of halogens is 1. The number of fused-ring (bicyclic) bond motifs is 2. The van der Waals surface area contributed by atoms with Crippen molar-refractivity contribution >= 4 is 22.1 Å². The first-order chi connectivity index (χ1) is 15.3. The summed E-state index contributed by atoms with van der Waals surface area (Å²) in [6, 6.07) is 3.18. The molecular formula is C22H28FN3O5S. The van der Waals surface area contributed by atoms with E-state index in [-0.39, 0.29) is 24.3 Å². The molecule has 2 heterocycles. The highest BCUT2D eigenvalue weighted by Crippen LogP contribution is 2.30. The number of anilines is 1. The summed E-state index contributed by atoms with van der Waals surface area (Å²) in [5.74, 6) is 0.112. The zero-order valence-electron chi connectivity index (χ0n) is 18.4. The molecule has 32 heavy (non-hydrogen) atoms. The summed E-state index contributed by atoms with van der Waals surface area (Å²) in [7, 11) is -0.840. The molecule has 1 aliphatic heterocycles. The number of aromatic nitrogens is 1. The summed E-state index contributed by atoms with van der Waals surface area (Å²) in [5, 5.41) is 3.07. The third kappa shape index (κ3) is 5.15. The second kappa shape index (κ2) is 10.5. The van der Waals surface area contributed by atoms with Crippen LogP contribution in [0, 0.1) is 5.82 Å². The van der Waals surface area contributed by atoms with E-state index in [4.69, 9.17) is 9.47 Å². The lowest BCUT2D eigenvalue weighted by molar-refractivity contribution is 0.0534. The molecule has 1 unspecified atom stereocenters. The number of pyridine rings is 1. The Bertz CT molecular complexity index is 1090. The van der Waals surface area contributed by atoms with Crippen LogP contribution in [0.5, 0.6) is 0 Å². The highest BCUT2D eigenvalue weighted by atomic mass is 32.2. The van der Waals surface area contributed by atoms with Crippen LogP contribution in [-0.2, 0) is 45.6 Å². The summed E-state index contributed by atoms with van der Waals surface area (Å²) in [6.07, 6.45) is 6.13. The fraction of sp³-hybridized carbons (Fsp3) is 0.455.